The Bertz CT molecular complexity index is 807. The van der Waals surface area contributed by atoms with E-state index in [1.807, 2.05) is 0 Å². The molecule has 6 saturated carbocycles. The van der Waals surface area contributed by atoms with Gasteiger partial charge in [0.1, 0.15) is 0 Å². The van der Waals surface area contributed by atoms with Crippen LogP contribution >= 0.6 is 0 Å². The van der Waals surface area contributed by atoms with Crippen molar-refractivity contribution in [3.63, 3.8) is 0 Å². The molecule has 1 spiro atoms. The molecule has 1 aromatic carbocycles. The van der Waals surface area contributed by atoms with Crippen LogP contribution in [0.15, 0.2) is 30.3 Å². The standard InChI is InChI=1S/C25H34N2O/c1-2-24-9-17-8-23(15-24,18-6-4-3-5-7-18)16-25(24,10-17)21(28)27-20-13-22(14-20)11-19(26)12-22/h3-7,17,19-20H,2,8-16,26H2,1H3,(H,27,28)/t17?,19?,20?,22?,23-,24?,25?/m1/s1. The van der Waals surface area contributed by atoms with Crippen molar-refractivity contribution in [1.29, 1.82) is 0 Å². The normalized spacial score (nSPS) is 50.4. The largest absolute Gasteiger partial charge is 0.353 e. The third-order valence-electron chi connectivity index (χ3n) is 9.91. The van der Waals surface area contributed by atoms with Crippen LogP contribution in [0, 0.1) is 22.2 Å². The van der Waals surface area contributed by atoms with Crippen molar-refractivity contribution in [2.24, 2.45) is 27.9 Å². The molecule has 7 rings (SSSR count). The molecule has 3 heteroatoms. The summed E-state index contributed by atoms with van der Waals surface area (Å²) in [5.41, 5.74) is 8.31. The molecule has 3 N–H and O–H groups in total. The maximum absolute atomic E-state index is 13.8. The van der Waals surface area contributed by atoms with Gasteiger partial charge in [-0.1, -0.05) is 37.3 Å². The fourth-order valence-electron chi connectivity index (χ4n) is 9.09. The van der Waals surface area contributed by atoms with Crippen molar-refractivity contribution in [3.8, 4) is 0 Å². The van der Waals surface area contributed by atoms with E-state index in [9.17, 15) is 4.79 Å². The van der Waals surface area contributed by atoms with E-state index >= 15 is 0 Å². The summed E-state index contributed by atoms with van der Waals surface area (Å²) in [5, 5.41) is 3.55. The predicted octanol–water partition coefficient (Wildman–Crippen LogP) is 4.30. The third-order valence-corrected chi connectivity index (χ3v) is 9.91. The number of benzene rings is 1. The van der Waals surface area contributed by atoms with Crippen LogP contribution in [0.4, 0.5) is 0 Å². The summed E-state index contributed by atoms with van der Waals surface area (Å²) in [6.45, 7) is 2.34. The molecule has 6 aliphatic carbocycles. The van der Waals surface area contributed by atoms with Crippen molar-refractivity contribution in [2.75, 3.05) is 0 Å². The highest BCUT2D eigenvalue weighted by molar-refractivity contribution is 5.86. The van der Waals surface area contributed by atoms with Gasteiger partial charge < -0.3 is 11.1 Å². The molecule has 3 nitrogen and oxygen atoms in total. The van der Waals surface area contributed by atoms with Gasteiger partial charge in [-0.05, 0) is 91.9 Å². The minimum Gasteiger partial charge on any atom is -0.353 e. The third kappa shape index (κ3) is 2.07. The molecule has 0 heterocycles. The molecule has 4 bridgehead atoms. The summed E-state index contributed by atoms with van der Waals surface area (Å²) in [6.07, 6.45) is 11.8. The van der Waals surface area contributed by atoms with E-state index in [1.54, 1.807) is 0 Å². The lowest BCUT2D eigenvalue weighted by molar-refractivity contribution is -0.140. The molecular weight excluding hydrogens is 344 g/mol. The molecule has 1 aromatic rings. The van der Waals surface area contributed by atoms with Crippen LogP contribution in [0.25, 0.3) is 0 Å². The molecule has 4 atom stereocenters. The molecule has 0 saturated heterocycles. The van der Waals surface area contributed by atoms with Gasteiger partial charge in [0.15, 0.2) is 0 Å². The molecule has 3 unspecified atom stereocenters. The van der Waals surface area contributed by atoms with Crippen LogP contribution < -0.4 is 11.1 Å². The summed E-state index contributed by atoms with van der Waals surface area (Å²) >= 11 is 0. The zero-order valence-electron chi connectivity index (χ0n) is 17.2. The number of amides is 1. The lowest BCUT2D eigenvalue weighted by Crippen LogP contribution is -2.61. The van der Waals surface area contributed by atoms with E-state index in [1.165, 1.54) is 37.7 Å². The molecule has 0 aliphatic heterocycles. The van der Waals surface area contributed by atoms with Gasteiger partial charge in [0.05, 0.1) is 5.41 Å². The lowest BCUT2D eigenvalue weighted by Gasteiger charge is -2.57. The fraction of sp³-hybridized carbons (Fsp3) is 0.720. The SMILES string of the molecule is CCC12CC3CC1(C(=O)NC1CC4(CC(N)C4)C1)C[C@@](c1ccccc1)(C3)C2. The Labute approximate surface area is 168 Å². The highest BCUT2D eigenvalue weighted by Crippen LogP contribution is 2.77. The smallest absolute Gasteiger partial charge is 0.227 e. The second-order valence-corrected chi connectivity index (χ2v) is 11.4. The summed E-state index contributed by atoms with van der Waals surface area (Å²) in [7, 11) is 0. The molecule has 28 heavy (non-hydrogen) atoms. The monoisotopic (exact) mass is 378 g/mol. The van der Waals surface area contributed by atoms with E-state index < -0.39 is 0 Å². The molecule has 0 aromatic heterocycles. The van der Waals surface area contributed by atoms with Crippen LogP contribution in [-0.4, -0.2) is 18.0 Å². The first-order chi connectivity index (χ1) is 13.4. The predicted molar refractivity (Wildman–Crippen MR) is 111 cm³/mol. The fourth-order valence-corrected chi connectivity index (χ4v) is 9.09. The number of carbonyl (C=O) groups excluding carboxylic acids is 1. The van der Waals surface area contributed by atoms with Crippen molar-refractivity contribution >= 4 is 5.91 Å². The summed E-state index contributed by atoms with van der Waals surface area (Å²) in [6, 6.07) is 11.9. The molecular formula is C25H34N2O. The number of hydrogen-bond acceptors (Lipinski definition) is 2. The first-order valence-corrected chi connectivity index (χ1v) is 11.5. The Hall–Kier alpha value is -1.35. The van der Waals surface area contributed by atoms with Crippen LogP contribution in [0.5, 0.6) is 0 Å². The van der Waals surface area contributed by atoms with Gasteiger partial charge in [-0.15, -0.1) is 0 Å². The average molecular weight is 379 g/mol. The Balaban J connectivity index is 1.27. The summed E-state index contributed by atoms with van der Waals surface area (Å²) < 4.78 is 0. The van der Waals surface area contributed by atoms with E-state index in [2.05, 4.69) is 42.6 Å². The van der Waals surface area contributed by atoms with Gasteiger partial charge in [0.25, 0.3) is 0 Å². The first-order valence-electron chi connectivity index (χ1n) is 11.5. The molecule has 6 fully saturated rings. The number of nitrogens with two attached hydrogens (primary N) is 1. The first kappa shape index (κ1) is 17.5. The van der Waals surface area contributed by atoms with Gasteiger partial charge in [-0.25, -0.2) is 0 Å². The molecule has 0 radical (unpaired) electrons. The van der Waals surface area contributed by atoms with Gasteiger partial charge in [-0.2, -0.15) is 0 Å². The quantitative estimate of drug-likeness (QED) is 0.821. The zero-order chi connectivity index (χ0) is 19.2. The van der Waals surface area contributed by atoms with Crippen molar-refractivity contribution < 1.29 is 4.79 Å². The Morgan fingerprint density at radius 1 is 1.04 bits per heavy atom. The second-order valence-electron chi connectivity index (χ2n) is 11.4. The Morgan fingerprint density at radius 3 is 2.46 bits per heavy atom. The van der Waals surface area contributed by atoms with Gasteiger partial charge in [0.2, 0.25) is 5.91 Å². The van der Waals surface area contributed by atoms with Gasteiger partial charge in [0, 0.05) is 12.1 Å². The van der Waals surface area contributed by atoms with E-state index in [0.717, 1.165) is 38.0 Å². The average Bonchev–Trinajstić information content (AvgIpc) is 2.99. The number of nitrogens with one attached hydrogen (secondary N) is 1. The molecule has 6 aliphatic rings. The lowest BCUT2D eigenvalue weighted by atomic mass is 9.52. The van der Waals surface area contributed by atoms with Crippen molar-refractivity contribution in [2.45, 2.75) is 88.6 Å². The van der Waals surface area contributed by atoms with Gasteiger partial charge >= 0.3 is 0 Å². The van der Waals surface area contributed by atoms with Crippen LogP contribution in [0.2, 0.25) is 0 Å². The zero-order valence-corrected chi connectivity index (χ0v) is 17.2. The van der Waals surface area contributed by atoms with Crippen LogP contribution in [-0.2, 0) is 10.2 Å². The topological polar surface area (TPSA) is 55.1 Å². The Kier molecular flexibility index (Phi) is 3.38. The van der Waals surface area contributed by atoms with Gasteiger partial charge in [-0.3, -0.25) is 4.79 Å². The molecule has 1 amide bonds. The van der Waals surface area contributed by atoms with Crippen LogP contribution in [0.1, 0.15) is 76.7 Å². The Morgan fingerprint density at radius 2 is 1.79 bits per heavy atom. The minimum atomic E-state index is -0.126. The highest BCUT2D eigenvalue weighted by atomic mass is 16.2. The maximum atomic E-state index is 13.8. The second kappa shape index (κ2) is 5.41. The number of hydrogen-bond donors (Lipinski definition) is 2. The summed E-state index contributed by atoms with van der Waals surface area (Å²) in [4.78, 5) is 13.8. The van der Waals surface area contributed by atoms with Crippen molar-refractivity contribution in [3.05, 3.63) is 35.9 Å². The summed E-state index contributed by atoms with van der Waals surface area (Å²) in [5.74, 6) is 1.13. The minimum absolute atomic E-state index is 0.126. The van der Waals surface area contributed by atoms with E-state index in [4.69, 9.17) is 5.73 Å². The van der Waals surface area contributed by atoms with E-state index in [-0.39, 0.29) is 16.2 Å². The molecule has 150 valence electrons. The number of rotatable bonds is 4. The van der Waals surface area contributed by atoms with Crippen LogP contribution in [0.3, 0.4) is 0 Å². The van der Waals surface area contributed by atoms with Crippen molar-refractivity contribution in [1.82, 2.24) is 5.32 Å². The van der Waals surface area contributed by atoms with E-state index in [0.29, 0.717) is 23.4 Å². The maximum Gasteiger partial charge on any atom is 0.227 e. The number of carbonyl (C=O) groups is 1. The highest BCUT2D eigenvalue weighted by Gasteiger charge is 2.74.